The van der Waals surface area contributed by atoms with Crippen LogP contribution in [0.4, 0.5) is 0 Å². The van der Waals surface area contributed by atoms with Crippen LogP contribution in [0.2, 0.25) is 0 Å². The van der Waals surface area contributed by atoms with Crippen molar-refractivity contribution in [1.82, 2.24) is 4.90 Å². The molecule has 0 aliphatic heterocycles. The molecule has 0 aromatic heterocycles. The van der Waals surface area contributed by atoms with Crippen LogP contribution in [0.1, 0.15) is 32.8 Å². The number of hydrogen-bond acceptors (Lipinski definition) is 3. The zero-order chi connectivity index (χ0) is 15.8. The molecule has 1 N–H and O–H groups in total. The summed E-state index contributed by atoms with van der Waals surface area (Å²) in [5, 5.41) is 9.17. The van der Waals surface area contributed by atoms with Crippen molar-refractivity contribution in [1.29, 1.82) is 0 Å². The van der Waals surface area contributed by atoms with Crippen molar-refractivity contribution in [3.63, 3.8) is 0 Å². The molecule has 1 rings (SSSR count). The molecular formula is C16H23NO4. The molecule has 5 nitrogen and oxygen atoms in total. The van der Waals surface area contributed by atoms with Gasteiger partial charge in [-0.15, -0.1) is 0 Å². The Kier molecular flexibility index (Phi) is 6.88. The van der Waals surface area contributed by atoms with Gasteiger partial charge in [0.2, 0.25) is 5.91 Å². The summed E-state index contributed by atoms with van der Waals surface area (Å²) < 4.78 is 5.36. The number of hydrogen-bond donors (Lipinski definition) is 1. The Morgan fingerprint density at radius 2 is 1.81 bits per heavy atom. The van der Waals surface area contributed by atoms with Crippen molar-refractivity contribution >= 4 is 11.9 Å². The number of carbonyl (C=O) groups is 2. The van der Waals surface area contributed by atoms with Gasteiger partial charge in [0.25, 0.3) is 0 Å². The Labute approximate surface area is 125 Å². The van der Waals surface area contributed by atoms with Gasteiger partial charge < -0.3 is 14.7 Å². The summed E-state index contributed by atoms with van der Waals surface area (Å²) in [6.07, 6.45) is 0.236. The SMILES string of the molecule is CC(C)OCCC(=O)N(Cc1ccccc1)C(C)C(=O)O. The highest BCUT2D eigenvalue weighted by Crippen LogP contribution is 2.11. The second kappa shape index (κ2) is 8.42. The van der Waals surface area contributed by atoms with Gasteiger partial charge in [0.1, 0.15) is 6.04 Å². The Balaban J connectivity index is 2.72. The van der Waals surface area contributed by atoms with Crippen LogP contribution in [0.5, 0.6) is 0 Å². The topological polar surface area (TPSA) is 66.8 Å². The van der Waals surface area contributed by atoms with Crippen molar-refractivity contribution in [2.45, 2.75) is 45.9 Å². The summed E-state index contributed by atoms with van der Waals surface area (Å²) in [6, 6.07) is 8.50. The van der Waals surface area contributed by atoms with Crippen molar-refractivity contribution < 1.29 is 19.4 Å². The maximum absolute atomic E-state index is 12.3. The van der Waals surface area contributed by atoms with Gasteiger partial charge in [-0.05, 0) is 26.3 Å². The minimum atomic E-state index is -1.01. The van der Waals surface area contributed by atoms with E-state index in [1.54, 1.807) is 0 Å². The predicted octanol–water partition coefficient (Wildman–Crippen LogP) is 2.30. The number of carbonyl (C=O) groups excluding carboxylic acids is 1. The lowest BCUT2D eigenvalue weighted by Crippen LogP contribution is -2.43. The van der Waals surface area contributed by atoms with Crippen molar-refractivity contribution in [2.24, 2.45) is 0 Å². The van der Waals surface area contributed by atoms with Crippen LogP contribution in [0.25, 0.3) is 0 Å². The number of benzene rings is 1. The number of carboxylic acid groups (broad SMARTS) is 1. The molecule has 0 spiro atoms. The van der Waals surface area contributed by atoms with Crippen LogP contribution in [-0.2, 0) is 20.9 Å². The van der Waals surface area contributed by atoms with E-state index >= 15 is 0 Å². The summed E-state index contributed by atoms with van der Waals surface area (Å²) in [5.41, 5.74) is 0.906. The van der Waals surface area contributed by atoms with E-state index in [2.05, 4.69) is 0 Å². The molecular weight excluding hydrogens is 270 g/mol. The third-order valence-electron chi connectivity index (χ3n) is 3.11. The smallest absolute Gasteiger partial charge is 0.326 e. The molecule has 0 radical (unpaired) electrons. The Morgan fingerprint density at radius 1 is 1.19 bits per heavy atom. The highest BCUT2D eigenvalue weighted by molar-refractivity contribution is 5.83. The fourth-order valence-corrected chi connectivity index (χ4v) is 1.88. The van der Waals surface area contributed by atoms with Crippen LogP contribution in [0, 0.1) is 0 Å². The first-order valence-corrected chi connectivity index (χ1v) is 7.09. The molecule has 0 saturated carbocycles. The van der Waals surface area contributed by atoms with Gasteiger partial charge in [-0.25, -0.2) is 4.79 Å². The average molecular weight is 293 g/mol. The highest BCUT2D eigenvalue weighted by atomic mass is 16.5. The first kappa shape index (κ1) is 17.2. The Bertz CT molecular complexity index is 459. The van der Waals surface area contributed by atoms with E-state index in [-0.39, 0.29) is 25.0 Å². The maximum atomic E-state index is 12.3. The van der Waals surface area contributed by atoms with Crippen LogP contribution in [0.15, 0.2) is 30.3 Å². The quantitative estimate of drug-likeness (QED) is 0.798. The van der Waals surface area contributed by atoms with E-state index in [4.69, 9.17) is 9.84 Å². The minimum absolute atomic E-state index is 0.0530. The zero-order valence-electron chi connectivity index (χ0n) is 12.8. The monoisotopic (exact) mass is 293 g/mol. The molecule has 1 unspecified atom stereocenters. The van der Waals surface area contributed by atoms with Crippen molar-refractivity contribution in [3.05, 3.63) is 35.9 Å². The first-order valence-electron chi connectivity index (χ1n) is 7.09. The Morgan fingerprint density at radius 3 is 2.33 bits per heavy atom. The van der Waals surface area contributed by atoms with Crippen molar-refractivity contribution in [2.75, 3.05) is 6.61 Å². The number of ether oxygens (including phenoxy) is 1. The second-order valence-electron chi connectivity index (χ2n) is 5.19. The van der Waals surface area contributed by atoms with Gasteiger partial charge in [-0.2, -0.15) is 0 Å². The summed E-state index contributed by atoms with van der Waals surface area (Å²) >= 11 is 0. The lowest BCUT2D eigenvalue weighted by molar-refractivity contribution is -0.150. The molecule has 1 amide bonds. The normalized spacial score (nSPS) is 12.2. The minimum Gasteiger partial charge on any atom is -0.480 e. The fraction of sp³-hybridized carbons (Fsp3) is 0.500. The van der Waals surface area contributed by atoms with E-state index in [1.807, 2.05) is 44.2 Å². The van der Waals surface area contributed by atoms with E-state index in [0.717, 1.165) is 5.56 Å². The highest BCUT2D eigenvalue weighted by Gasteiger charge is 2.25. The lowest BCUT2D eigenvalue weighted by atomic mass is 10.1. The van der Waals surface area contributed by atoms with Gasteiger partial charge in [-0.1, -0.05) is 30.3 Å². The van der Waals surface area contributed by atoms with Crippen LogP contribution in [0.3, 0.4) is 0 Å². The van der Waals surface area contributed by atoms with Gasteiger partial charge in [0, 0.05) is 6.54 Å². The van der Waals surface area contributed by atoms with Gasteiger partial charge >= 0.3 is 5.97 Å². The predicted molar refractivity (Wildman–Crippen MR) is 79.8 cm³/mol. The molecule has 0 fully saturated rings. The summed E-state index contributed by atoms with van der Waals surface area (Å²) in [4.78, 5) is 24.8. The molecule has 0 bridgehead atoms. The van der Waals surface area contributed by atoms with Crippen LogP contribution >= 0.6 is 0 Å². The fourth-order valence-electron chi connectivity index (χ4n) is 1.88. The lowest BCUT2D eigenvalue weighted by Gasteiger charge is -2.27. The molecule has 0 aliphatic carbocycles. The number of nitrogens with zero attached hydrogens (tertiary/aromatic N) is 1. The molecule has 21 heavy (non-hydrogen) atoms. The molecule has 1 atom stereocenters. The van der Waals surface area contributed by atoms with Crippen LogP contribution < -0.4 is 0 Å². The third-order valence-corrected chi connectivity index (χ3v) is 3.11. The molecule has 116 valence electrons. The zero-order valence-corrected chi connectivity index (χ0v) is 12.8. The van der Waals surface area contributed by atoms with Gasteiger partial charge in [0.05, 0.1) is 19.1 Å². The second-order valence-corrected chi connectivity index (χ2v) is 5.19. The van der Waals surface area contributed by atoms with Crippen molar-refractivity contribution in [3.8, 4) is 0 Å². The largest absolute Gasteiger partial charge is 0.480 e. The van der Waals surface area contributed by atoms with Gasteiger partial charge in [0.15, 0.2) is 0 Å². The summed E-state index contributed by atoms with van der Waals surface area (Å²) in [7, 11) is 0. The average Bonchev–Trinajstić information content (AvgIpc) is 2.44. The molecule has 0 aliphatic rings. The third kappa shape index (κ3) is 5.95. The first-order chi connectivity index (χ1) is 9.91. The molecule has 0 saturated heterocycles. The van der Waals surface area contributed by atoms with E-state index in [9.17, 15) is 9.59 Å². The molecule has 1 aromatic carbocycles. The maximum Gasteiger partial charge on any atom is 0.326 e. The number of rotatable bonds is 8. The summed E-state index contributed by atoms with van der Waals surface area (Å²) in [6.45, 7) is 5.90. The van der Waals surface area contributed by atoms with Crippen LogP contribution in [-0.4, -0.2) is 40.6 Å². The summed E-state index contributed by atoms with van der Waals surface area (Å²) in [5.74, 6) is -1.22. The number of amides is 1. The van der Waals surface area contributed by atoms with E-state index in [0.29, 0.717) is 6.61 Å². The standard InChI is InChI=1S/C16H23NO4/c1-12(2)21-10-9-15(18)17(13(3)16(19)20)11-14-7-5-4-6-8-14/h4-8,12-13H,9-11H2,1-3H3,(H,19,20). The molecule has 1 aromatic rings. The molecule has 0 heterocycles. The van der Waals surface area contributed by atoms with E-state index < -0.39 is 12.0 Å². The van der Waals surface area contributed by atoms with Gasteiger partial charge in [-0.3, -0.25) is 4.79 Å². The number of carboxylic acids is 1. The number of aliphatic carboxylic acids is 1. The Hall–Kier alpha value is -1.88. The van der Waals surface area contributed by atoms with E-state index in [1.165, 1.54) is 11.8 Å². The molecule has 5 heteroatoms.